The molecule has 1 saturated heterocycles. The van der Waals surface area contributed by atoms with Crippen molar-refractivity contribution in [3.63, 3.8) is 0 Å². The summed E-state index contributed by atoms with van der Waals surface area (Å²) in [6, 6.07) is 0. The van der Waals surface area contributed by atoms with Crippen molar-refractivity contribution in [1.29, 1.82) is 0 Å². The Morgan fingerprint density at radius 2 is 2.35 bits per heavy atom. The van der Waals surface area contributed by atoms with Gasteiger partial charge in [-0.15, -0.1) is 5.10 Å². The summed E-state index contributed by atoms with van der Waals surface area (Å²) in [6.45, 7) is 3.50. The van der Waals surface area contributed by atoms with Gasteiger partial charge in [0.05, 0.1) is 6.54 Å². The number of likely N-dealkylation sites (tertiary alicyclic amines) is 1. The van der Waals surface area contributed by atoms with E-state index in [0.29, 0.717) is 23.2 Å². The molecule has 1 unspecified atom stereocenters. The zero-order chi connectivity index (χ0) is 12.3. The van der Waals surface area contributed by atoms with Gasteiger partial charge in [0, 0.05) is 24.5 Å². The van der Waals surface area contributed by atoms with E-state index < -0.39 is 0 Å². The van der Waals surface area contributed by atoms with Gasteiger partial charge in [-0.1, -0.05) is 29.4 Å². The highest BCUT2D eigenvalue weighted by molar-refractivity contribution is 7.10. The van der Waals surface area contributed by atoms with E-state index in [1.807, 2.05) is 4.90 Å². The summed E-state index contributed by atoms with van der Waals surface area (Å²) in [5.41, 5.74) is 0.722. The quantitative estimate of drug-likeness (QED) is 0.851. The average Bonchev–Trinajstić information content (AvgIpc) is 2.63. The second-order valence-electron chi connectivity index (χ2n) is 4.41. The predicted octanol–water partition coefficient (Wildman–Crippen LogP) is 2.73. The van der Waals surface area contributed by atoms with Gasteiger partial charge in [0.15, 0.2) is 0 Å². The van der Waals surface area contributed by atoms with Crippen LogP contribution in [-0.2, 0) is 11.3 Å². The summed E-state index contributed by atoms with van der Waals surface area (Å²) < 4.78 is 4.38. The van der Waals surface area contributed by atoms with Crippen LogP contribution in [0.2, 0.25) is 4.34 Å². The SMILES string of the molecule is CCC1CCC(=O)N(Cc2nnsc2Cl)CC1. The molecule has 94 valence electrons. The number of rotatable bonds is 3. The van der Waals surface area contributed by atoms with Crippen molar-refractivity contribution in [2.75, 3.05) is 6.54 Å². The fourth-order valence-electron chi connectivity index (χ4n) is 2.14. The van der Waals surface area contributed by atoms with Crippen molar-refractivity contribution in [3.05, 3.63) is 10.0 Å². The molecule has 2 heterocycles. The van der Waals surface area contributed by atoms with Gasteiger partial charge < -0.3 is 4.90 Å². The first kappa shape index (κ1) is 12.8. The van der Waals surface area contributed by atoms with Crippen LogP contribution in [0.4, 0.5) is 0 Å². The number of hydrogen-bond acceptors (Lipinski definition) is 4. The highest BCUT2D eigenvalue weighted by Gasteiger charge is 2.23. The molecule has 1 fully saturated rings. The van der Waals surface area contributed by atoms with Gasteiger partial charge in [-0.3, -0.25) is 4.79 Å². The summed E-state index contributed by atoms with van der Waals surface area (Å²) in [5, 5.41) is 3.96. The Morgan fingerprint density at radius 1 is 1.53 bits per heavy atom. The molecule has 0 N–H and O–H groups in total. The molecule has 0 spiro atoms. The molecule has 0 radical (unpaired) electrons. The minimum atomic E-state index is 0.213. The second-order valence-corrected chi connectivity index (χ2v) is 5.77. The lowest BCUT2D eigenvalue weighted by molar-refractivity contribution is -0.131. The smallest absolute Gasteiger partial charge is 0.222 e. The molecule has 4 nitrogen and oxygen atoms in total. The summed E-state index contributed by atoms with van der Waals surface area (Å²) in [5.74, 6) is 0.887. The van der Waals surface area contributed by atoms with E-state index in [9.17, 15) is 4.79 Å². The van der Waals surface area contributed by atoms with Crippen LogP contribution in [0.5, 0.6) is 0 Å². The molecule has 6 heteroatoms. The van der Waals surface area contributed by atoms with Crippen molar-refractivity contribution >= 4 is 29.0 Å². The molecule has 0 bridgehead atoms. The average molecular weight is 274 g/mol. The molecule has 0 aromatic carbocycles. The molecule has 1 aromatic heterocycles. The first-order valence-electron chi connectivity index (χ1n) is 5.95. The van der Waals surface area contributed by atoms with Gasteiger partial charge in [-0.2, -0.15) is 0 Å². The minimum absolute atomic E-state index is 0.213. The van der Waals surface area contributed by atoms with Crippen molar-refractivity contribution in [3.8, 4) is 0 Å². The van der Waals surface area contributed by atoms with Crippen LogP contribution in [0.1, 0.15) is 38.3 Å². The van der Waals surface area contributed by atoms with Crippen LogP contribution in [0, 0.1) is 5.92 Å². The summed E-state index contributed by atoms with van der Waals surface area (Å²) in [6.07, 6.45) is 3.89. The Hall–Kier alpha value is -0.680. The lowest BCUT2D eigenvalue weighted by atomic mass is 9.98. The Kier molecular flexibility index (Phi) is 4.34. The van der Waals surface area contributed by atoms with Gasteiger partial charge in [0.2, 0.25) is 5.91 Å². The lowest BCUT2D eigenvalue weighted by Gasteiger charge is -2.19. The molecule has 1 amide bonds. The Balaban J connectivity index is 2.00. The van der Waals surface area contributed by atoms with Crippen LogP contribution < -0.4 is 0 Å². The van der Waals surface area contributed by atoms with Crippen molar-refractivity contribution < 1.29 is 4.79 Å². The third-order valence-electron chi connectivity index (χ3n) is 3.35. The fourth-order valence-corrected chi connectivity index (χ4v) is 2.75. The van der Waals surface area contributed by atoms with E-state index in [0.717, 1.165) is 31.5 Å². The van der Waals surface area contributed by atoms with Crippen LogP contribution in [0.25, 0.3) is 0 Å². The molecule has 2 rings (SSSR count). The number of halogens is 1. The zero-order valence-corrected chi connectivity index (χ0v) is 11.4. The first-order valence-corrected chi connectivity index (χ1v) is 7.10. The van der Waals surface area contributed by atoms with Gasteiger partial charge >= 0.3 is 0 Å². The van der Waals surface area contributed by atoms with Gasteiger partial charge in [-0.05, 0) is 18.8 Å². The number of hydrogen-bond donors (Lipinski definition) is 0. The Bertz CT molecular complexity index is 396. The maximum atomic E-state index is 12.0. The number of aromatic nitrogens is 2. The van der Waals surface area contributed by atoms with Crippen LogP contribution in [-0.4, -0.2) is 26.9 Å². The van der Waals surface area contributed by atoms with Gasteiger partial charge in [0.1, 0.15) is 10.0 Å². The molecular formula is C11H16ClN3OS. The third kappa shape index (κ3) is 3.16. The van der Waals surface area contributed by atoms with Gasteiger partial charge in [0.25, 0.3) is 0 Å². The minimum Gasteiger partial charge on any atom is -0.337 e. The number of carbonyl (C=O) groups is 1. The van der Waals surface area contributed by atoms with E-state index in [1.54, 1.807) is 0 Å². The summed E-state index contributed by atoms with van der Waals surface area (Å²) in [7, 11) is 0. The summed E-state index contributed by atoms with van der Waals surface area (Å²) >= 11 is 7.13. The van der Waals surface area contributed by atoms with E-state index in [4.69, 9.17) is 11.6 Å². The molecule has 0 saturated carbocycles. The highest BCUT2D eigenvalue weighted by Crippen LogP contribution is 2.24. The standard InChI is InChI=1S/C11H16ClN3OS/c1-2-8-3-4-10(16)15(6-5-8)7-9-11(12)17-14-13-9/h8H,2-7H2,1H3. The summed E-state index contributed by atoms with van der Waals surface area (Å²) in [4.78, 5) is 13.8. The molecule has 1 atom stereocenters. The van der Waals surface area contributed by atoms with E-state index in [2.05, 4.69) is 16.5 Å². The normalized spacial score (nSPS) is 21.6. The number of nitrogens with zero attached hydrogens (tertiary/aromatic N) is 3. The van der Waals surface area contributed by atoms with E-state index in [1.165, 1.54) is 11.5 Å². The number of amides is 1. The Morgan fingerprint density at radius 3 is 3.00 bits per heavy atom. The van der Waals surface area contributed by atoms with Crippen molar-refractivity contribution in [2.45, 2.75) is 39.2 Å². The first-order chi connectivity index (χ1) is 8.20. The fraction of sp³-hybridized carbons (Fsp3) is 0.727. The molecule has 0 aliphatic carbocycles. The van der Waals surface area contributed by atoms with Crippen LogP contribution >= 0.6 is 23.1 Å². The molecule has 1 aliphatic heterocycles. The topological polar surface area (TPSA) is 46.1 Å². The van der Waals surface area contributed by atoms with E-state index in [-0.39, 0.29) is 5.91 Å². The predicted molar refractivity (Wildman–Crippen MR) is 68.0 cm³/mol. The maximum Gasteiger partial charge on any atom is 0.222 e. The van der Waals surface area contributed by atoms with Crippen LogP contribution in [0.15, 0.2) is 0 Å². The van der Waals surface area contributed by atoms with E-state index >= 15 is 0 Å². The third-order valence-corrected chi connectivity index (χ3v) is 4.34. The van der Waals surface area contributed by atoms with Crippen molar-refractivity contribution in [1.82, 2.24) is 14.5 Å². The molecule has 17 heavy (non-hydrogen) atoms. The van der Waals surface area contributed by atoms with Gasteiger partial charge in [-0.25, -0.2) is 0 Å². The zero-order valence-electron chi connectivity index (χ0n) is 9.86. The second kappa shape index (κ2) is 5.78. The number of carbonyl (C=O) groups excluding carboxylic acids is 1. The molecule has 1 aliphatic rings. The van der Waals surface area contributed by atoms with Crippen molar-refractivity contribution in [2.24, 2.45) is 5.92 Å². The highest BCUT2D eigenvalue weighted by atomic mass is 35.5. The largest absolute Gasteiger partial charge is 0.337 e. The monoisotopic (exact) mass is 273 g/mol. The Labute approximate surface area is 110 Å². The maximum absolute atomic E-state index is 12.0. The molecule has 1 aromatic rings. The lowest BCUT2D eigenvalue weighted by Crippen LogP contribution is -2.30. The molecular weight excluding hydrogens is 258 g/mol. The van der Waals surface area contributed by atoms with Crippen LogP contribution in [0.3, 0.4) is 0 Å².